The number of unbranched alkanes of at least 4 members (excludes halogenated alkanes) is 3. The molecule has 0 amide bonds. The number of halogens is 1. The predicted molar refractivity (Wildman–Crippen MR) is 96.7 cm³/mol. The first kappa shape index (κ1) is 23.2. The van der Waals surface area contributed by atoms with E-state index in [1.807, 2.05) is 0 Å². The minimum absolute atomic E-state index is 0.172. The summed E-state index contributed by atoms with van der Waals surface area (Å²) in [6.45, 7) is 19.1. The lowest BCUT2D eigenvalue weighted by atomic mass is 9.61. The number of rotatable bonds is 3. The summed E-state index contributed by atoms with van der Waals surface area (Å²) in [5.41, 5.74) is -0.609. The van der Waals surface area contributed by atoms with Crippen LogP contribution in [0, 0.1) is 10.8 Å². The maximum atomic E-state index is 13.9. The average Bonchev–Trinajstić information content (AvgIpc) is 2.21. The zero-order chi connectivity index (χ0) is 17.2. The Labute approximate surface area is 135 Å². The fraction of sp³-hybridized carbons (Fsp3) is 1.00. The molecule has 1 rings (SSSR count). The Balaban J connectivity index is 0. The minimum Gasteiger partial charge on any atom is -0.244 e. The Bertz CT molecular complexity index is 189. The van der Waals surface area contributed by atoms with Gasteiger partial charge in [-0.2, -0.15) is 0 Å². The van der Waals surface area contributed by atoms with Crippen molar-refractivity contribution < 1.29 is 4.39 Å². The molecule has 0 aromatic rings. The van der Waals surface area contributed by atoms with Crippen LogP contribution in [0.4, 0.5) is 4.39 Å². The second kappa shape index (κ2) is 10.6. The molecule has 0 aromatic carbocycles. The molecule has 21 heavy (non-hydrogen) atoms. The molecule has 0 bridgehead atoms. The van der Waals surface area contributed by atoms with Gasteiger partial charge in [0.2, 0.25) is 0 Å². The van der Waals surface area contributed by atoms with Gasteiger partial charge in [0, 0.05) is 0 Å². The average molecular weight is 303 g/mol. The fourth-order valence-corrected chi connectivity index (χ4v) is 3.98. The Hall–Kier alpha value is -0.0700. The van der Waals surface area contributed by atoms with Crippen LogP contribution in [0.5, 0.6) is 0 Å². The molecule has 0 radical (unpaired) electrons. The molecule has 0 heterocycles. The highest BCUT2D eigenvalue weighted by Crippen LogP contribution is 2.51. The summed E-state index contributed by atoms with van der Waals surface area (Å²) in [6, 6.07) is 0. The van der Waals surface area contributed by atoms with E-state index in [1.165, 1.54) is 32.1 Å². The van der Waals surface area contributed by atoms with Crippen LogP contribution in [-0.4, -0.2) is 5.67 Å². The van der Waals surface area contributed by atoms with Crippen LogP contribution in [0.3, 0.4) is 0 Å². The highest BCUT2D eigenvalue weighted by atomic mass is 19.1. The van der Waals surface area contributed by atoms with Crippen molar-refractivity contribution in [2.45, 2.75) is 119 Å². The van der Waals surface area contributed by atoms with Crippen molar-refractivity contribution in [3.63, 3.8) is 0 Å². The molecule has 0 saturated heterocycles. The molecule has 1 heteroatoms. The summed E-state index contributed by atoms with van der Waals surface area (Å²) in [5.74, 6) is 0. The molecule has 130 valence electrons. The molecule has 0 nitrogen and oxygen atoms in total. The molecule has 1 aliphatic rings. The third-order valence-corrected chi connectivity index (χ3v) is 3.61. The lowest BCUT2D eigenvalue weighted by Gasteiger charge is -2.46. The van der Waals surface area contributed by atoms with E-state index in [2.05, 4.69) is 55.4 Å². The largest absolute Gasteiger partial charge is 0.244 e. The van der Waals surface area contributed by atoms with Gasteiger partial charge in [-0.15, -0.1) is 0 Å². The molecule has 0 aromatic heterocycles. The molecule has 1 fully saturated rings. The molecule has 0 unspecified atom stereocenters. The van der Waals surface area contributed by atoms with Gasteiger partial charge in [0.25, 0.3) is 0 Å². The van der Waals surface area contributed by atoms with Gasteiger partial charge in [-0.1, -0.05) is 87.5 Å². The monoisotopic (exact) mass is 302 g/mol. The Morgan fingerprint density at radius 2 is 0.952 bits per heavy atom. The van der Waals surface area contributed by atoms with Crippen LogP contribution in [0.1, 0.15) is 114 Å². The van der Waals surface area contributed by atoms with Gasteiger partial charge in [-0.05, 0) is 37.0 Å². The molecular formula is C20H43F. The van der Waals surface area contributed by atoms with E-state index in [0.717, 1.165) is 6.42 Å². The summed E-state index contributed by atoms with van der Waals surface area (Å²) >= 11 is 0. The van der Waals surface area contributed by atoms with Crippen LogP contribution in [0.15, 0.2) is 0 Å². The van der Waals surface area contributed by atoms with Crippen molar-refractivity contribution in [3.05, 3.63) is 0 Å². The number of alkyl halides is 1. The maximum absolute atomic E-state index is 13.9. The van der Waals surface area contributed by atoms with Crippen molar-refractivity contribution >= 4 is 0 Å². The summed E-state index contributed by atoms with van der Waals surface area (Å²) < 4.78 is 13.9. The summed E-state index contributed by atoms with van der Waals surface area (Å²) in [6.07, 6.45) is 9.35. The normalized spacial score (nSPS) is 21.4. The first-order chi connectivity index (χ1) is 9.45. The predicted octanol–water partition coefficient (Wildman–Crippen LogP) is 7.95. The highest BCUT2D eigenvalue weighted by Gasteiger charge is 2.44. The van der Waals surface area contributed by atoms with Gasteiger partial charge < -0.3 is 0 Å². The lowest BCUT2D eigenvalue weighted by Crippen LogP contribution is -2.41. The Morgan fingerprint density at radius 1 is 0.667 bits per heavy atom. The summed E-state index contributed by atoms with van der Waals surface area (Å²) in [4.78, 5) is 0. The smallest absolute Gasteiger partial charge is 0.109 e. The van der Waals surface area contributed by atoms with Gasteiger partial charge >= 0.3 is 0 Å². The van der Waals surface area contributed by atoms with E-state index in [4.69, 9.17) is 0 Å². The molecule has 0 aliphatic heterocycles. The van der Waals surface area contributed by atoms with Crippen molar-refractivity contribution in [1.29, 1.82) is 0 Å². The lowest BCUT2D eigenvalue weighted by molar-refractivity contribution is -0.0162. The van der Waals surface area contributed by atoms with Crippen LogP contribution in [0.25, 0.3) is 0 Å². The topological polar surface area (TPSA) is 0 Å². The van der Waals surface area contributed by atoms with Crippen molar-refractivity contribution in [2.24, 2.45) is 10.8 Å². The molecule has 0 spiro atoms. The Morgan fingerprint density at radius 3 is 1.14 bits per heavy atom. The first-order valence-electron chi connectivity index (χ1n) is 9.14. The molecular weight excluding hydrogens is 259 g/mol. The van der Waals surface area contributed by atoms with Crippen LogP contribution in [0.2, 0.25) is 0 Å². The number of hydrogen-bond acceptors (Lipinski definition) is 0. The molecule has 0 N–H and O–H groups in total. The zero-order valence-corrected chi connectivity index (χ0v) is 16.5. The third-order valence-electron chi connectivity index (χ3n) is 3.61. The van der Waals surface area contributed by atoms with Gasteiger partial charge in [0.05, 0.1) is 0 Å². The zero-order valence-electron chi connectivity index (χ0n) is 16.5. The highest BCUT2D eigenvalue weighted by molar-refractivity contribution is 4.95. The van der Waals surface area contributed by atoms with Crippen LogP contribution >= 0.6 is 0 Å². The molecule has 1 aliphatic carbocycles. The summed E-state index contributed by atoms with van der Waals surface area (Å²) in [5, 5.41) is 0. The molecule has 0 atom stereocenters. The fourth-order valence-electron chi connectivity index (χ4n) is 3.98. The SMILES string of the molecule is CC1(C)CC(C)(C)CC(C)(F)C1.CCC.CCCCCC. The first-order valence-corrected chi connectivity index (χ1v) is 9.14. The third kappa shape index (κ3) is 14.6. The van der Waals surface area contributed by atoms with Crippen molar-refractivity contribution in [1.82, 2.24) is 0 Å². The van der Waals surface area contributed by atoms with Gasteiger partial charge in [0.1, 0.15) is 5.67 Å². The number of hydrogen-bond donors (Lipinski definition) is 0. The van der Waals surface area contributed by atoms with Crippen molar-refractivity contribution in [3.8, 4) is 0 Å². The van der Waals surface area contributed by atoms with Crippen LogP contribution < -0.4 is 0 Å². The quantitative estimate of drug-likeness (QED) is 0.464. The van der Waals surface area contributed by atoms with E-state index < -0.39 is 5.67 Å². The van der Waals surface area contributed by atoms with Gasteiger partial charge in [-0.25, -0.2) is 4.39 Å². The summed E-state index contributed by atoms with van der Waals surface area (Å²) in [7, 11) is 0. The van der Waals surface area contributed by atoms with Crippen molar-refractivity contribution in [2.75, 3.05) is 0 Å². The Kier molecular flexibility index (Phi) is 11.7. The second-order valence-electron chi connectivity index (χ2n) is 8.69. The van der Waals surface area contributed by atoms with E-state index in [0.29, 0.717) is 12.8 Å². The standard InChI is InChI=1S/C11H21F.C6H14.C3H8/c1-9(2)6-10(3,4)8-11(5,12)7-9;1-3-5-6-4-2;1-3-2/h6-8H2,1-5H3;3-6H2,1-2H3;3H2,1-2H3. The van der Waals surface area contributed by atoms with E-state index in [1.54, 1.807) is 6.92 Å². The van der Waals surface area contributed by atoms with E-state index in [-0.39, 0.29) is 10.8 Å². The van der Waals surface area contributed by atoms with Gasteiger partial charge in [0.15, 0.2) is 0 Å². The molecule has 1 saturated carbocycles. The van der Waals surface area contributed by atoms with E-state index >= 15 is 0 Å². The minimum atomic E-state index is -0.953. The van der Waals surface area contributed by atoms with E-state index in [9.17, 15) is 4.39 Å². The van der Waals surface area contributed by atoms with Gasteiger partial charge in [-0.3, -0.25) is 0 Å². The maximum Gasteiger partial charge on any atom is 0.109 e. The second-order valence-corrected chi connectivity index (χ2v) is 8.69. The van der Waals surface area contributed by atoms with Crippen LogP contribution in [-0.2, 0) is 0 Å².